The molecule has 1 saturated heterocycles. The highest BCUT2D eigenvalue weighted by Gasteiger charge is 2.27. The van der Waals surface area contributed by atoms with Crippen LogP contribution >= 0.6 is 11.6 Å². The van der Waals surface area contributed by atoms with Crippen LogP contribution in [-0.4, -0.2) is 38.8 Å². The number of hydrogen-bond donors (Lipinski definition) is 1. The molecule has 2 aromatic heterocycles. The van der Waals surface area contributed by atoms with Gasteiger partial charge in [-0.15, -0.1) is 0 Å². The molecule has 6 nitrogen and oxygen atoms in total. The van der Waals surface area contributed by atoms with Gasteiger partial charge in [-0.2, -0.15) is 0 Å². The van der Waals surface area contributed by atoms with Gasteiger partial charge in [-0.1, -0.05) is 36.7 Å². The van der Waals surface area contributed by atoms with Gasteiger partial charge in [0, 0.05) is 65.4 Å². The van der Waals surface area contributed by atoms with E-state index in [1.54, 1.807) is 12.4 Å². The van der Waals surface area contributed by atoms with E-state index in [1.165, 1.54) is 0 Å². The number of nitrogens with zero attached hydrogens (tertiary/aromatic N) is 4. The van der Waals surface area contributed by atoms with Gasteiger partial charge in [0.1, 0.15) is 0 Å². The van der Waals surface area contributed by atoms with Crippen molar-refractivity contribution < 1.29 is 4.79 Å². The van der Waals surface area contributed by atoms with Crippen LogP contribution in [0.4, 0.5) is 5.95 Å². The minimum Gasteiger partial charge on any atom is -0.368 e. The van der Waals surface area contributed by atoms with Crippen LogP contribution in [0.1, 0.15) is 36.9 Å². The van der Waals surface area contributed by atoms with E-state index >= 15 is 0 Å². The normalized spacial score (nSPS) is 15.6. The predicted molar refractivity (Wildman–Crippen MR) is 123 cm³/mol. The Kier molecular flexibility index (Phi) is 6.47. The zero-order valence-corrected chi connectivity index (χ0v) is 18.3. The zero-order chi connectivity index (χ0) is 21.8. The lowest BCUT2D eigenvalue weighted by Crippen LogP contribution is -2.41. The molecule has 1 atom stereocenters. The average molecular weight is 436 g/mol. The van der Waals surface area contributed by atoms with E-state index < -0.39 is 0 Å². The van der Waals surface area contributed by atoms with Crippen molar-refractivity contribution in [3.63, 3.8) is 0 Å². The van der Waals surface area contributed by atoms with Crippen LogP contribution in [-0.2, 0) is 11.2 Å². The molecule has 0 radical (unpaired) electrons. The molecule has 160 valence electrons. The third-order valence-electron chi connectivity index (χ3n) is 5.87. The van der Waals surface area contributed by atoms with Gasteiger partial charge in [-0.25, -0.2) is 9.97 Å². The molecule has 1 aromatic carbocycles. The van der Waals surface area contributed by atoms with E-state index in [4.69, 9.17) is 17.3 Å². The van der Waals surface area contributed by atoms with Crippen molar-refractivity contribution in [3.05, 3.63) is 71.3 Å². The van der Waals surface area contributed by atoms with Gasteiger partial charge in [0.25, 0.3) is 0 Å². The third kappa shape index (κ3) is 5.20. The highest BCUT2D eigenvalue weighted by Crippen LogP contribution is 2.29. The summed E-state index contributed by atoms with van der Waals surface area (Å²) < 4.78 is 0. The summed E-state index contributed by atoms with van der Waals surface area (Å²) in [7, 11) is 0. The molecular formula is C24H26ClN5O. The maximum atomic E-state index is 12.9. The second kappa shape index (κ2) is 9.43. The molecule has 4 rings (SSSR count). The Balaban J connectivity index is 1.32. The molecule has 1 unspecified atom stereocenters. The highest BCUT2D eigenvalue weighted by molar-refractivity contribution is 6.30. The Morgan fingerprint density at radius 3 is 2.45 bits per heavy atom. The second-order valence-electron chi connectivity index (χ2n) is 8.14. The monoisotopic (exact) mass is 435 g/mol. The Morgan fingerprint density at radius 1 is 1.10 bits per heavy atom. The van der Waals surface area contributed by atoms with E-state index in [1.807, 2.05) is 48.4 Å². The summed E-state index contributed by atoms with van der Waals surface area (Å²) >= 11 is 6.07. The smallest absolute Gasteiger partial charge is 0.225 e. The molecule has 0 aliphatic carbocycles. The molecular weight excluding hydrogens is 410 g/mol. The van der Waals surface area contributed by atoms with E-state index in [-0.39, 0.29) is 17.8 Å². The van der Waals surface area contributed by atoms with E-state index in [9.17, 15) is 4.79 Å². The summed E-state index contributed by atoms with van der Waals surface area (Å²) in [6.45, 7) is 3.52. The van der Waals surface area contributed by atoms with Gasteiger partial charge >= 0.3 is 0 Å². The molecule has 31 heavy (non-hydrogen) atoms. The summed E-state index contributed by atoms with van der Waals surface area (Å²) in [6.07, 6.45) is 7.81. The Hall–Kier alpha value is -2.99. The lowest BCUT2D eigenvalue weighted by atomic mass is 9.91. The first-order valence-electron chi connectivity index (χ1n) is 10.6. The van der Waals surface area contributed by atoms with E-state index in [0.717, 1.165) is 48.3 Å². The average Bonchev–Trinajstić information content (AvgIpc) is 2.79. The molecule has 0 bridgehead atoms. The maximum absolute atomic E-state index is 12.9. The van der Waals surface area contributed by atoms with Crippen LogP contribution in [0.2, 0.25) is 5.02 Å². The quantitative estimate of drug-likeness (QED) is 0.643. The topological polar surface area (TPSA) is 85.0 Å². The minimum atomic E-state index is -0.0606. The van der Waals surface area contributed by atoms with Crippen LogP contribution < -0.4 is 5.73 Å². The Bertz CT molecular complexity index is 1030. The summed E-state index contributed by atoms with van der Waals surface area (Å²) in [5, 5.41) is 0.709. The second-order valence-corrected chi connectivity index (χ2v) is 8.57. The van der Waals surface area contributed by atoms with Crippen molar-refractivity contribution in [3.8, 4) is 11.1 Å². The fraction of sp³-hybridized carbons (Fsp3) is 0.333. The number of amides is 1. The molecule has 2 N–H and O–H groups in total. The highest BCUT2D eigenvalue weighted by atomic mass is 35.5. The van der Waals surface area contributed by atoms with Gasteiger partial charge in [0.15, 0.2) is 0 Å². The molecule has 1 aliphatic heterocycles. The maximum Gasteiger partial charge on any atom is 0.225 e. The lowest BCUT2D eigenvalue weighted by Gasteiger charge is -2.33. The van der Waals surface area contributed by atoms with Crippen molar-refractivity contribution in [2.75, 3.05) is 18.8 Å². The van der Waals surface area contributed by atoms with Crippen molar-refractivity contribution in [2.45, 2.75) is 32.1 Å². The standard InChI is InChI=1S/C24H26ClN5O/c1-16(11-17-3-2-4-21(25)12-17)23(31)30-9-7-18(8-10-30)22-6-5-19(13-27-22)20-14-28-24(26)29-15-20/h2-6,12-16,18H,7-11H2,1H3,(H2,26,28,29). The van der Waals surface area contributed by atoms with Crippen molar-refractivity contribution in [2.24, 2.45) is 5.92 Å². The van der Waals surface area contributed by atoms with Crippen molar-refractivity contribution >= 4 is 23.5 Å². The van der Waals surface area contributed by atoms with Gasteiger partial charge in [0.05, 0.1) is 0 Å². The minimum absolute atomic E-state index is 0.0606. The van der Waals surface area contributed by atoms with Gasteiger partial charge in [-0.05, 0) is 43.0 Å². The largest absolute Gasteiger partial charge is 0.368 e. The SMILES string of the molecule is CC(Cc1cccc(Cl)c1)C(=O)N1CCC(c2ccc(-c3cnc(N)nc3)cn2)CC1. The summed E-state index contributed by atoms with van der Waals surface area (Å²) in [4.78, 5) is 27.6. The predicted octanol–water partition coefficient (Wildman–Crippen LogP) is 4.36. The molecule has 0 saturated carbocycles. The first-order valence-corrected chi connectivity index (χ1v) is 10.9. The third-order valence-corrected chi connectivity index (χ3v) is 6.10. The number of nitrogen functional groups attached to an aromatic ring is 1. The van der Waals surface area contributed by atoms with Crippen LogP contribution in [0.15, 0.2) is 55.0 Å². The Morgan fingerprint density at radius 2 is 1.81 bits per heavy atom. The number of carbonyl (C=O) groups excluding carboxylic acids is 1. The van der Waals surface area contributed by atoms with Gasteiger partial charge in [0.2, 0.25) is 11.9 Å². The lowest BCUT2D eigenvalue weighted by molar-refractivity contribution is -0.136. The molecule has 3 aromatic rings. The fourth-order valence-electron chi connectivity index (χ4n) is 4.12. The molecule has 0 spiro atoms. The van der Waals surface area contributed by atoms with Gasteiger partial charge in [-0.3, -0.25) is 9.78 Å². The number of anilines is 1. The van der Waals surface area contributed by atoms with Crippen LogP contribution in [0.3, 0.4) is 0 Å². The van der Waals surface area contributed by atoms with Crippen LogP contribution in [0.5, 0.6) is 0 Å². The number of carbonyl (C=O) groups is 1. The number of nitrogens with two attached hydrogens (primary N) is 1. The number of piperidine rings is 1. The number of pyridine rings is 1. The van der Waals surface area contributed by atoms with E-state index in [0.29, 0.717) is 17.4 Å². The number of rotatable bonds is 5. The first kappa shape index (κ1) is 21.2. The van der Waals surface area contributed by atoms with Crippen molar-refractivity contribution in [1.82, 2.24) is 19.9 Å². The number of halogens is 1. The fourth-order valence-corrected chi connectivity index (χ4v) is 4.33. The number of likely N-dealkylation sites (tertiary alicyclic amines) is 1. The molecule has 1 amide bonds. The molecule has 1 aliphatic rings. The number of benzene rings is 1. The molecule has 1 fully saturated rings. The summed E-state index contributed by atoms with van der Waals surface area (Å²) in [5.41, 5.74) is 9.57. The molecule has 7 heteroatoms. The number of hydrogen-bond acceptors (Lipinski definition) is 5. The first-order chi connectivity index (χ1) is 15.0. The van der Waals surface area contributed by atoms with Crippen LogP contribution in [0.25, 0.3) is 11.1 Å². The summed E-state index contributed by atoms with van der Waals surface area (Å²) in [5.74, 6) is 0.778. The summed E-state index contributed by atoms with van der Waals surface area (Å²) in [6, 6.07) is 11.8. The van der Waals surface area contributed by atoms with Gasteiger partial charge < -0.3 is 10.6 Å². The zero-order valence-electron chi connectivity index (χ0n) is 17.5. The number of aromatic nitrogens is 3. The van der Waals surface area contributed by atoms with E-state index in [2.05, 4.69) is 21.0 Å². The van der Waals surface area contributed by atoms with Crippen molar-refractivity contribution in [1.29, 1.82) is 0 Å². The Labute approximate surface area is 187 Å². The van der Waals surface area contributed by atoms with Crippen LogP contribution in [0, 0.1) is 5.92 Å². The molecule has 3 heterocycles.